The molecular weight excluding hydrogens is 293 g/mol. The molecule has 0 spiro atoms. The molecule has 0 unspecified atom stereocenters. The lowest BCUT2D eigenvalue weighted by atomic mass is 10.1. The summed E-state index contributed by atoms with van der Waals surface area (Å²) >= 11 is 0. The first-order chi connectivity index (χ1) is 9.97. The van der Waals surface area contributed by atoms with Gasteiger partial charge in [0.15, 0.2) is 5.78 Å². The van der Waals surface area contributed by atoms with E-state index < -0.39 is 20.7 Å². The van der Waals surface area contributed by atoms with Crippen LogP contribution in [0.5, 0.6) is 0 Å². The van der Waals surface area contributed by atoms with Crippen molar-refractivity contribution < 1.29 is 17.6 Å². The number of sulfonamides is 1. The van der Waals surface area contributed by atoms with E-state index in [4.69, 9.17) is 0 Å². The number of benzene rings is 1. The molecule has 0 bridgehead atoms. The number of ketones is 1. The lowest BCUT2D eigenvalue weighted by Crippen LogP contribution is -2.33. The molecule has 0 amide bonds. The molecule has 6 heteroatoms. The highest BCUT2D eigenvalue weighted by Gasteiger charge is 2.32. The second-order valence-corrected chi connectivity index (χ2v) is 7.57. The fourth-order valence-corrected chi connectivity index (χ4v) is 4.18. The Hall–Kier alpha value is -1.27. The average molecular weight is 311 g/mol. The van der Waals surface area contributed by atoms with E-state index in [9.17, 15) is 17.6 Å². The molecule has 0 radical (unpaired) electrons. The Morgan fingerprint density at radius 2 is 1.81 bits per heavy atom. The lowest BCUT2D eigenvalue weighted by Gasteiger charge is -2.13. The van der Waals surface area contributed by atoms with E-state index in [1.54, 1.807) is 0 Å². The van der Waals surface area contributed by atoms with Gasteiger partial charge in [0.05, 0.1) is 0 Å². The summed E-state index contributed by atoms with van der Waals surface area (Å²) in [7, 11) is -3.91. The van der Waals surface area contributed by atoms with Gasteiger partial charge in [0, 0.05) is 17.5 Å². The summed E-state index contributed by atoms with van der Waals surface area (Å²) in [6.07, 6.45) is 5.19. The Bertz CT molecular complexity index is 661. The zero-order valence-electron chi connectivity index (χ0n) is 11.6. The topological polar surface area (TPSA) is 63.2 Å². The Balaban J connectivity index is 1.88. The van der Waals surface area contributed by atoms with Crippen LogP contribution >= 0.6 is 0 Å². The molecular formula is C15H18FNO3S. The van der Waals surface area contributed by atoms with E-state index in [2.05, 4.69) is 4.72 Å². The standard InChI is InChI=1S/C15H18FNO3S/c16-13-8-7-11(15(18)10-5-6-10)9-14(13)21(19,20)17-12-3-1-2-4-12/h7-10,12,17H,1-6H2. The zero-order chi connectivity index (χ0) is 15.0. The van der Waals surface area contributed by atoms with Gasteiger partial charge in [-0.2, -0.15) is 0 Å². The number of Topliss-reactive ketones (excluding diaryl/α,β-unsaturated/α-hetero) is 1. The number of nitrogens with one attached hydrogen (secondary N) is 1. The zero-order valence-corrected chi connectivity index (χ0v) is 12.5. The molecule has 1 aromatic rings. The fourth-order valence-electron chi connectivity index (χ4n) is 2.77. The van der Waals surface area contributed by atoms with Gasteiger partial charge in [0.2, 0.25) is 10.0 Å². The predicted octanol–water partition coefficient (Wildman–Crippen LogP) is 2.64. The van der Waals surface area contributed by atoms with E-state index in [1.165, 1.54) is 12.1 Å². The van der Waals surface area contributed by atoms with Crippen LogP contribution in [-0.2, 0) is 10.0 Å². The minimum atomic E-state index is -3.91. The predicted molar refractivity (Wildman–Crippen MR) is 76.0 cm³/mol. The number of carbonyl (C=O) groups is 1. The van der Waals surface area contributed by atoms with Crippen LogP contribution in [-0.4, -0.2) is 20.2 Å². The average Bonchev–Trinajstić information content (AvgIpc) is 3.17. The van der Waals surface area contributed by atoms with Crippen molar-refractivity contribution in [3.05, 3.63) is 29.6 Å². The highest BCUT2D eigenvalue weighted by molar-refractivity contribution is 7.89. The Morgan fingerprint density at radius 1 is 1.14 bits per heavy atom. The molecule has 0 aromatic heterocycles. The van der Waals surface area contributed by atoms with Crippen LogP contribution in [0.2, 0.25) is 0 Å². The van der Waals surface area contributed by atoms with E-state index in [0.717, 1.165) is 44.6 Å². The van der Waals surface area contributed by atoms with Crippen molar-refractivity contribution >= 4 is 15.8 Å². The SMILES string of the molecule is O=C(c1ccc(F)c(S(=O)(=O)NC2CCCC2)c1)C1CC1. The van der Waals surface area contributed by atoms with Crippen molar-refractivity contribution in [2.24, 2.45) is 5.92 Å². The van der Waals surface area contributed by atoms with E-state index in [1.807, 2.05) is 0 Å². The molecule has 2 fully saturated rings. The molecule has 3 rings (SSSR count). The van der Waals surface area contributed by atoms with E-state index in [-0.39, 0.29) is 23.3 Å². The van der Waals surface area contributed by atoms with Gasteiger partial charge in [-0.05, 0) is 43.9 Å². The monoisotopic (exact) mass is 311 g/mol. The molecule has 2 aliphatic carbocycles. The molecule has 2 saturated carbocycles. The van der Waals surface area contributed by atoms with Crippen LogP contribution in [0, 0.1) is 11.7 Å². The minimum Gasteiger partial charge on any atom is -0.294 e. The van der Waals surface area contributed by atoms with Gasteiger partial charge >= 0.3 is 0 Å². The maximum absolute atomic E-state index is 13.9. The summed E-state index contributed by atoms with van der Waals surface area (Å²) in [4.78, 5) is 11.6. The second kappa shape index (κ2) is 5.50. The number of hydrogen-bond acceptors (Lipinski definition) is 3. The van der Waals surface area contributed by atoms with Crippen molar-refractivity contribution in [2.75, 3.05) is 0 Å². The van der Waals surface area contributed by atoms with Gasteiger partial charge in [-0.1, -0.05) is 12.8 Å². The summed E-state index contributed by atoms with van der Waals surface area (Å²) in [5.74, 6) is -0.922. The molecule has 0 saturated heterocycles. The van der Waals surface area contributed by atoms with Crippen LogP contribution in [0.4, 0.5) is 4.39 Å². The third kappa shape index (κ3) is 3.16. The van der Waals surface area contributed by atoms with Crippen molar-refractivity contribution in [2.45, 2.75) is 49.5 Å². The third-order valence-corrected chi connectivity index (χ3v) is 5.67. The third-order valence-electron chi connectivity index (χ3n) is 4.13. The summed E-state index contributed by atoms with van der Waals surface area (Å²) in [6.45, 7) is 0. The number of hydrogen-bond donors (Lipinski definition) is 1. The maximum Gasteiger partial charge on any atom is 0.243 e. The van der Waals surface area contributed by atoms with Crippen LogP contribution in [0.25, 0.3) is 0 Å². The normalized spacial score (nSPS) is 19.9. The molecule has 2 aliphatic rings. The quantitative estimate of drug-likeness (QED) is 0.850. The van der Waals surface area contributed by atoms with Gasteiger partial charge < -0.3 is 0 Å². The highest BCUT2D eigenvalue weighted by atomic mass is 32.2. The fraction of sp³-hybridized carbons (Fsp3) is 0.533. The lowest BCUT2D eigenvalue weighted by molar-refractivity contribution is 0.0967. The molecule has 0 atom stereocenters. The molecule has 21 heavy (non-hydrogen) atoms. The first-order valence-electron chi connectivity index (χ1n) is 7.33. The maximum atomic E-state index is 13.9. The Labute approximate surface area is 123 Å². The summed E-state index contributed by atoms with van der Waals surface area (Å²) in [5, 5.41) is 0. The number of carbonyl (C=O) groups excluding carboxylic acids is 1. The molecule has 0 heterocycles. The van der Waals surface area contributed by atoms with E-state index >= 15 is 0 Å². The summed E-state index contributed by atoms with van der Waals surface area (Å²) < 4.78 is 41.0. The second-order valence-electron chi connectivity index (χ2n) is 5.89. The van der Waals surface area contributed by atoms with Crippen molar-refractivity contribution in [1.82, 2.24) is 4.72 Å². The van der Waals surface area contributed by atoms with E-state index in [0.29, 0.717) is 0 Å². The molecule has 0 aliphatic heterocycles. The molecule has 4 nitrogen and oxygen atoms in total. The molecule has 1 aromatic carbocycles. The van der Waals surface area contributed by atoms with Gasteiger partial charge in [-0.25, -0.2) is 17.5 Å². The van der Waals surface area contributed by atoms with Crippen molar-refractivity contribution in [1.29, 1.82) is 0 Å². The van der Waals surface area contributed by atoms with Gasteiger partial charge in [-0.3, -0.25) is 4.79 Å². The van der Waals surface area contributed by atoms with Crippen molar-refractivity contribution in [3.8, 4) is 0 Å². The largest absolute Gasteiger partial charge is 0.294 e. The van der Waals surface area contributed by atoms with Crippen LogP contribution < -0.4 is 4.72 Å². The van der Waals surface area contributed by atoms with Crippen LogP contribution in [0.15, 0.2) is 23.1 Å². The summed E-state index contributed by atoms with van der Waals surface area (Å²) in [6, 6.07) is 3.48. The van der Waals surface area contributed by atoms with Gasteiger partial charge in [0.25, 0.3) is 0 Å². The summed E-state index contributed by atoms with van der Waals surface area (Å²) in [5.41, 5.74) is 0.283. The highest BCUT2D eigenvalue weighted by Crippen LogP contribution is 2.33. The molecule has 114 valence electrons. The molecule has 1 N–H and O–H groups in total. The van der Waals surface area contributed by atoms with Crippen molar-refractivity contribution in [3.63, 3.8) is 0 Å². The Morgan fingerprint density at radius 3 is 2.43 bits per heavy atom. The number of rotatable bonds is 5. The van der Waals surface area contributed by atoms with Gasteiger partial charge in [0.1, 0.15) is 10.7 Å². The smallest absolute Gasteiger partial charge is 0.243 e. The Kier molecular flexibility index (Phi) is 3.84. The van der Waals surface area contributed by atoms with Gasteiger partial charge in [-0.15, -0.1) is 0 Å². The number of halogens is 1. The van der Waals surface area contributed by atoms with Crippen LogP contribution in [0.3, 0.4) is 0 Å². The first kappa shape index (κ1) is 14.7. The van der Waals surface area contributed by atoms with Crippen LogP contribution in [0.1, 0.15) is 48.9 Å². The first-order valence-corrected chi connectivity index (χ1v) is 8.82. The minimum absolute atomic E-state index is 0.0196.